The SMILES string of the molecule is O=S(=O)(Nc1cccc2ccncc12)c1ccccc1O. The average molecular weight is 300 g/mol. The highest BCUT2D eigenvalue weighted by atomic mass is 32.2. The molecule has 0 amide bonds. The average Bonchev–Trinajstić information content (AvgIpc) is 2.47. The van der Waals surface area contributed by atoms with Crippen LogP contribution in [0, 0.1) is 0 Å². The van der Waals surface area contributed by atoms with Crippen molar-refractivity contribution in [2.45, 2.75) is 4.90 Å². The van der Waals surface area contributed by atoms with Crippen LogP contribution in [0.2, 0.25) is 0 Å². The van der Waals surface area contributed by atoms with Gasteiger partial charge in [0.05, 0.1) is 5.69 Å². The number of hydrogen-bond acceptors (Lipinski definition) is 4. The normalized spacial score (nSPS) is 11.4. The van der Waals surface area contributed by atoms with E-state index in [1.165, 1.54) is 12.1 Å². The van der Waals surface area contributed by atoms with Crippen LogP contribution >= 0.6 is 0 Å². The lowest BCUT2D eigenvalue weighted by Gasteiger charge is -2.11. The second kappa shape index (κ2) is 5.06. The molecule has 0 spiro atoms. The molecule has 0 aliphatic carbocycles. The molecule has 6 heteroatoms. The smallest absolute Gasteiger partial charge is 0.265 e. The summed E-state index contributed by atoms with van der Waals surface area (Å²) >= 11 is 0. The van der Waals surface area contributed by atoms with Crippen LogP contribution in [0.15, 0.2) is 65.8 Å². The first kappa shape index (κ1) is 13.4. The van der Waals surface area contributed by atoms with Gasteiger partial charge in [0.1, 0.15) is 10.6 Å². The maximum absolute atomic E-state index is 12.4. The summed E-state index contributed by atoms with van der Waals surface area (Å²) in [4.78, 5) is 3.85. The zero-order valence-electron chi connectivity index (χ0n) is 10.9. The molecule has 2 aromatic carbocycles. The molecule has 0 saturated heterocycles. The first-order valence-corrected chi connectivity index (χ1v) is 7.70. The van der Waals surface area contributed by atoms with E-state index >= 15 is 0 Å². The van der Waals surface area contributed by atoms with Crippen molar-refractivity contribution in [2.75, 3.05) is 4.72 Å². The molecule has 21 heavy (non-hydrogen) atoms. The monoisotopic (exact) mass is 300 g/mol. The van der Waals surface area contributed by atoms with E-state index in [1.807, 2.05) is 6.07 Å². The molecular formula is C15H12N2O3S. The maximum atomic E-state index is 12.4. The predicted molar refractivity (Wildman–Crippen MR) is 80.7 cm³/mol. The zero-order chi connectivity index (χ0) is 14.9. The number of anilines is 1. The number of aromatic hydroxyl groups is 1. The van der Waals surface area contributed by atoms with Crippen molar-refractivity contribution in [3.05, 3.63) is 60.9 Å². The van der Waals surface area contributed by atoms with Crippen molar-refractivity contribution in [1.29, 1.82) is 0 Å². The number of fused-ring (bicyclic) bond motifs is 1. The van der Waals surface area contributed by atoms with Crippen molar-refractivity contribution < 1.29 is 13.5 Å². The molecule has 0 bridgehead atoms. The third-order valence-electron chi connectivity index (χ3n) is 3.08. The largest absolute Gasteiger partial charge is 0.507 e. The van der Waals surface area contributed by atoms with Gasteiger partial charge in [-0.1, -0.05) is 24.3 Å². The third-order valence-corrected chi connectivity index (χ3v) is 4.50. The Morgan fingerprint density at radius 1 is 1.00 bits per heavy atom. The lowest BCUT2D eigenvalue weighted by atomic mass is 10.1. The van der Waals surface area contributed by atoms with Crippen LogP contribution < -0.4 is 4.72 Å². The molecule has 1 aromatic heterocycles. The number of nitrogens with one attached hydrogen (secondary N) is 1. The minimum Gasteiger partial charge on any atom is -0.507 e. The Bertz CT molecular complexity index is 902. The van der Waals surface area contributed by atoms with Crippen molar-refractivity contribution in [3.8, 4) is 5.75 Å². The van der Waals surface area contributed by atoms with Gasteiger partial charge in [0.25, 0.3) is 10.0 Å². The number of para-hydroxylation sites is 1. The summed E-state index contributed by atoms with van der Waals surface area (Å²) in [7, 11) is -3.86. The molecule has 3 aromatic rings. The van der Waals surface area contributed by atoms with E-state index in [0.29, 0.717) is 11.1 Å². The van der Waals surface area contributed by atoms with Crippen LogP contribution in [0.4, 0.5) is 5.69 Å². The number of pyridine rings is 1. The lowest BCUT2D eigenvalue weighted by molar-refractivity contribution is 0.459. The van der Waals surface area contributed by atoms with E-state index in [4.69, 9.17) is 0 Å². The molecule has 0 atom stereocenters. The maximum Gasteiger partial charge on any atom is 0.265 e. The Kier molecular flexibility index (Phi) is 3.23. The highest BCUT2D eigenvalue weighted by molar-refractivity contribution is 7.92. The summed E-state index contributed by atoms with van der Waals surface area (Å²) in [6.07, 6.45) is 3.24. The molecule has 3 rings (SSSR count). The second-order valence-corrected chi connectivity index (χ2v) is 6.13. The van der Waals surface area contributed by atoms with Crippen molar-refractivity contribution in [2.24, 2.45) is 0 Å². The lowest BCUT2D eigenvalue weighted by Crippen LogP contribution is -2.13. The Morgan fingerprint density at radius 3 is 2.62 bits per heavy atom. The number of hydrogen-bond donors (Lipinski definition) is 2. The highest BCUT2D eigenvalue weighted by Gasteiger charge is 2.18. The zero-order valence-corrected chi connectivity index (χ0v) is 11.7. The molecule has 5 nitrogen and oxygen atoms in total. The number of phenols is 1. The van der Waals surface area contributed by atoms with Gasteiger partial charge >= 0.3 is 0 Å². The molecule has 0 aliphatic heterocycles. The van der Waals surface area contributed by atoms with Gasteiger partial charge in [-0.3, -0.25) is 9.71 Å². The molecular weight excluding hydrogens is 288 g/mol. The summed E-state index contributed by atoms with van der Waals surface area (Å²) < 4.78 is 27.2. The summed E-state index contributed by atoms with van der Waals surface area (Å²) in [5, 5.41) is 11.3. The summed E-state index contributed by atoms with van der Waals surface area (Å²) in [6.45, 7) is 0. The third kappa shape index (κ3) is 2.53. The number of sulfonamides is 1. The van der Waals surface area contributed by atoms with E-state index in [-0.39, 0.29) is 10.6 Å². The van der Waals surface area contributed by atoms with Gasteiger partial charge in [-0.2, -0.15) is 0 Å². The van der Waals surface area contributed by atoms with Crippen LogP contribution in [-0.4, -0.2) is 18.5 Å². The van der Waals surface area contributed by atoms with E-state index in [1.54, 1.807) is 42.7 Å². The second-order valence-electron chi connectivity index (χ2n) is 4.48. The Hall–Kier alpha value is -2.60. The van der Waals surface area contributed by atoms with Crippen LogP contribution in [0.25, 0.3) is 10.8 Å². The van der Waals surface area contributed by atoms with Gasteiger partial charge < -0.3 is 5.11 Å². The molecule has 0 aliphatic rings. The van der Waals surface area contributed by atoms with E-state index in [0.717, 1.165) is 5.39 Å². The quantitative estimate of drug-likeness (QED) is 0.779. The highest BCUT2D eigenvalue weighted by Crippen LogP contribution is 2.27. The fourth-order valence-corrected chi connectivity index (χ4v) is 3.27. The van der Waals surface area contributed by atoms with E-state index < -0.39 is 10.0 Å². The number of phenolic OH excluding ortho intramolecular Hbond substituents is 1. The minimum absolute atomic E-state index is 0.161. The van der Waals surface area contributed by atoms with Crippen LogP contribution in [0.3, 0.4) is 0 Å². The fourth-order valence-electron chi connectivity index (χ4n) is 2.09. The van der Waals surface area contributed by atoms with Crippen molar-refractivity contribution >= 4 is 26.5 Å². The Balaban J connectivity index is 2.08. The number of rotatable bonds is 3. The van der Waals surface area contributed by atoms with Crippen LogP contribution in [0.5, 0.6) is 5.75 Å². The molecule has 106 valence electrons. The van der Waals surface area contributed by atoms with Crippen LogP contribution in [0.1, 0.15) is 0 Å². The molecule has 0 unspecified atom stereocenters. The summed E-state index contributed by atoms with van der Waals surface area (Å²) in [5.41, 5.74) is 0.420. The van der Waals surface area contributed by atoms with E-state index in [9.17, 15) is 13.5 Å². The number of aromatic nitrogens is 1. The standard InChI is InChI=1S/C15H12N2O3S/c18-14-6-1-2-7-15(14)21(19,20)17-13-5-3-4-11-8-9-16-10-12(11)13/h1-10,17-18H. The summed E-state index contributed by atoms with van der Waals surface area (Å²) in [5.74, 6) is -0.289. The molecule has 1 heterocycles. The number of nitrogens with zero attached hydrogens (tertiary/aromatic N) is 1. The molecule has 0 fully saturated rings. The van der Waals surface area contributed by atoms with Gasteiger partial charge in [-0.15, -0.1) is 0 Å². The van der Waals surface area contributed by atoms with Gasteiger partial charge in [-0.05, 0) is 29.7 Å². The van der Waals surface area contributed by atoms with Crippen molar-refractivity contribution in [3.63, 3.8) is 0 Å². The van der Waals surface area contributed by atoms with Gasteiger partial charge in [0, 0.05) is 17.8 Å². The van der Waals surface area contributed by atoms with Gasteiger partial charge in [0.2, 0.25) is 0 Å². The Morgan fingerprint density at radius 2 is 1.81 bits per heavy atom. The first-order chi connectivity index (χ1) is 10.1. The van der Waals surface area contributed by atoms with Gasteiger partial charge in [-0.25, -0.2) is 8.42 Å². The van der Waals surface area contributed by atoms with Gasteiger partial charge in [0.15, 0.2) is 0 Å². The Labute approximate surface area is 121 Å². The summed E-state index contributed by atoms with van der Waals surface area (Å²) in [6, 6.07) is 12.9. The first-order valence-electron chi connectivity index (χ1n) is 6.21. The van der Waals surface area contributed by atoms with E-state index in [2.05, 4.69) is 9.71 Å². The predicted octanol–water partition coefficient (Wildman–Crippen LogP) is 2.74. The molecule has 0 radical (unpaired) electrons. The van der Waals surface area contributed by atoms with Crippen LogP contribution in [-0.2, 0) is 10.0 Å². The fraction of sp³-hybridized carbons (Fsp3) is 0. The molecule has 2 N–H and O–H groups in total. The number of benzene rings is 2. The molecule has 0 saturated carbocycles. The minimum atomic E-state index is -3.86. The topological polar surface area (TPSA) is 79.3 Å². The van der Waals surface area contributed by atoms with Crippen molar-refractivity contribution in [1.82, 2.24) is 4.98 Å².